The lowest BCUT2D eigenvalue weighted by Crippen LogP contribution is -2.40. The van der Waals surface area contributed by atoms with Crippen molar-refractivity contribution in [1.29, 1.82) is 0 Å². The molecule has 1 N–H and O–H groups in total. The molecule has 29 heavy (non-hydrogen) atoms. The molecular weight excluding hydrogens is 432 g/mol. The molecule has 0 saturated heterocycles. The lowest BCUT2D eigenvalue weighted by atomic mass is 10.2. The zero-order valence-electron chi connectivity index (χ0n) is 15.5. The Kier molecular flexibility index (Phi) is 6.79. The van der Waals surface area contributed by atoms with Crippen LogP contribution < -0.4 is 14.4 Å². The van der Waals surface area contributed by atoms with E-state index >= 15 is 0 Å². The summed E-state index contributed by atoms with van der Waals surface area (Å²) < 4.78 is 32.9. The number of nitrogens with zero attached hydrogens (tertiary/aromatic N) is 1. The molecule has 1 heterocycles. The highest BCUT2D eigenvalue weighted by Gasteiger charge is 2.30. The number of rotatable bonds is 8. The molecule has 0 radical (unpaired) electrons. The molecule has 0 unspecified atom stereocenters. The molecule has 9 heteroatoms. The first kappa shape index (κ1) is 21.2. The summed E-state index contributed by atoms with van der Waals surface area (Å²) in [6.07, 6.45) is 0. The van der Waals surface area contributed by atoms with Gasteiger partial charge in [0.05, 0.1) is 12.8 Å². The summed E-state index contributed by atoms with van der Waals surface area (Å²) in [4.78, 5) is 12.6. The van der Waals surface area contributed by atoms with Crippen LogP contribution in [0, 0.1) is 0 Å². The molecule has 0 fully saturated rings. The number of methoxy groups -OCH3 is 1. The van der Waals surface area contributed by atoms with Crippen LogP contribution >= 0.6 is 22.9 Å². The Morgan fingerprint density at radius 2 is 1.93 bits per heavy atom. The standard InChI is InChI=1S/C20H19ClN2O4S2/c1-27-18-9-3-2-8-17(18)23(29(25,26)20-10-5-11-28-20)14-19(24)22-13-15-6-4-7-16(21)12-15/h2-12H,13-14H2,1H3,(H,22,24). The molecule has 0 saturated carbocycles. The number of hydrogen-bond acceptors (Lipinski definition) is 5. The highest BCUT2D eigenvalue weighted by atomic mass is 35.5. The van der Waals surface area contributed by atoms with E-state index in [0.717, 1.165) is 21.2 Å². The zero-order chi connectivity index (χ0) is 20.9. The summed E-state index contributed by atoms with van der Waals surface area (Å²) in [6.45, 7) is -0.153. The first-order valence-corrected chi connectivity index (χ1v) is 11.3. The van der Waals surface area contributed by atoms with Crippen LogP contribution in [0.5, 0.6) is 5.75 Å². The van der Waals surface area contributed by atoms with Crippen molar-refractivity contribution in [2.45, 2.75) is 10.8 Å². The van der Waals surface area contributed by atoms with Gasteiger partial charge >= 0.3 is 0 Å². The van der Waals surface area contributed by atoms with Gasteiger partial charge in [0.25, 0.3) is 10.0 Å². The topological polar surface area (TPSA) is 75.7 Å². The van der Waals surface area contributed by atoms with Crippen molar-refractivity contribution in [2.24, 2.45) is 0 Å². The first-order chi connectivity index (χ1) is 13.9. The fourth-order valence-electron chi connectivity index (χ4n) is 2.69. The predicted octanol–water partition coefficient (Wildman–Crippen LogP) is 3.92. The van der Waals surface area contributed by atoms with Crippen molar-refractivity contribution in [1.82, 2.24) is 5.32 Å². The third kappa shape index (κ3) is 5.09. The van der Waals surface area contributed by atoms with Gasteiger partial charge in [-0.15, -0.1) is 11.3 Å². The molecule has 0 atom stereocenters. The van der Waals surface area contributed by atoms with E-state index in [-0.39, 0.29) is 17.3 Å². The number of thiophene rings is 1. The van der Waals surface area contributed by atoms with Crippen LogP contribution in [0.2, 0.25) is 5.02 Å². The summed E-state index contributed by atoms with van der Waals surface area (Å²) in [5, 5.41) is 4.98. The molecule has 0 aliphatic rings. The molecular formula is C20H19ClN2O4S2. The Morgan fingerprint density at radius 1 is 1.14 bits per heavy atom. The Bertz CT molecular complexity index is 1090. The van der Waals surface area contributed by atoms with Gasteiger partial charge in [-0.1, -0.05) is 41.9 Å². The number of ether oxygens (including phenoxy) is 1. The van der Waals surface area contributed by atoms with Crippen LogP contribution in [0.25, 0.3) is 0 Å². The minimum atomic E-state index is -3.94. The number of nitrogens with one attached hydrogen (secondary N) is 1. The van der Waals surface area contributed by atoms with Crippen LogP contribution in [0.1, 0.15) is 5.56 Å². The number of benzene rings is 2. The molecule has 0 aliphatic heterocycles. The van der Waals surface area contributed by atoms with E-state index < -0.39 is 15.9 Å². The van der Waals surface area contributed by atoms with Gasteiger partial charge in [0.15, 0.2) is 0 Å². The largest absolute Gasteiger partial charge is 0.495 e. The molecule has 0 aliphatic carbocycles. The highest BCUT2D eigenvalue weighted by Crippen LogP contribution is 2.33. The number of para-hydroxylation sites is 2. The maximum Gasteiger partial charge on any atom is 0.274 e. The van der Waals surface area contributed by atoms with Gasteiger partial charge < -0.3 is 10.1 Å². The number of anilines is 1. The Balaban J connectivity index is 1.86. The average molecular weight is 451 g/mol. The second-order valence-electron chi connectivity index (χ2n) is 6.02. The Hall–Kier alpha value is -2.55. The number of carbonyl (C=O) groups excluding carboxylic acids is 1. The molecule has 3 rings (SSSR count). The Morgan fingerprint density at radius 3 is 2.62 bits per heavy atom. The summed E-state index contributed by atoms with van der Waals surface area (Å²) >= 11 is 7.05. The van der Waals surface area contributed by atoms with E-state index in [4.69, 9.17) is 16.3 Å². The fourth-order valence-corrected chi connectivity index (χ4v) is 5.44. The maximum atomic E-state index is 13.2. The van der Waals surface area contributed by atoms with Crippen molar-refractivity contribution in [3.8, 4) is 5.75 Å². The molecule has 2 aromatic carbocycles. The summed E-state index contributed by atoms with van der Waals surface area (Å²) in [5.41, 5.74) is 1.11. The number of sulfonamides is 1. The second-order valence-corrected chi connectivity index (χ2v) is 9.50. The van der Waals surface area contributed by atoms with Crippen molar-refractivity contribution >= 4 is 44.6 Å². The lowest BCUT2D eigenvalue weighted by Gasteiger charge is -2.25. The van der Waals surface area contributed by atoms with E-state index in [1.165, 1.54) is 13.2 Å². The van der Waals surface area contributed by atoms with E-state index in [9.17, 15) is 13.2 Å². The molecule has 1 aromatic heterocycles. The quantitative estimate of drug-likeness (QED) is 0.564. The molecule has 152 valence electrons. The molecule has 6 nitrogen and oxygen atoms in total. The van der Waals surface area contributed by atoms with E-state index in [0.29, 0.717) is 16.5 Å². The van der Waals surface area contributed by atoms with Gasteiger partial charge in [-0.25, -0.2) is 8.42 Å². The maximum absolute atomic E-state index is 13.2. The van der Waals surface area contributed by atoms with Crippen molar-refractivity contribution in [3.63, 3.8) is 0 Å². The van der Waals surface area contributed by atoms with Crippen LogP contribution in [0.4, 0.5) is 5.69 Å². The monoisotopic (exact) mass is 450 g/mol. The van der Waals surface area contributed by atoms with Gasteiger partial charge in [-0.3, -0.25) is 9.10 Å². The van der Waals surface area contributed by atoms with Gasteiger partial charge in [0.1, 0.15) is 16.5 Å². The van der Waals surface area contributed by atoms with Gasteiger partial charge in [0.2, 0.25) is 5.91 Å². The zero-order valence-corrected chi connectivity index (χ0v) is 17.9. The van der Waals surface area contributed by atoms with Gasteiger partial charge in [0, 0.05) is 11.6 Å². The highest BCUT2D eigenvalue weighted by molar-refractivity contribution is 7.94. The minimum absolute atomic E-state index is 0.144. The van der Waals surface area contributed by atoms with E-state index in [2.05, 4.69) is 5.32 Å². The summed E-state index contributed by atoms with van der Waals surface area (Å²) in [5.74, 6) is -0.0914. The summed E-state index contributed by atoms with van der Waals surface area (Å²) in [6, 6.07) is 16.9. The van der Waals surface area contributed by atoms with Crippen LogP contribution in [0.3, 0.4) is 0 Å². The third-order valence-electron chi connectivity index (χ3n) is 4.06. The van der Waals surface area contributed by atoms with Crippen LogP contribution in [0.15, 0.2) is 70.3 Å². The number of hydrogen-bond donors (Lipinski definition) is 1. The number of halogens is 1. The molecule has 0 spiro atoms. The van der Waals surface area contributed by atoms with Crippen molar-refractivity contribution < 1.29 is 17.9 Å². The smallest absolute Gasteiger partial charge is 0.274 e. The van der Waals surface area contributed by atoms with E-state index in [1.54, 1.807) is 53.9 Å². The van der Waals surface area contributed by atoms with Gasteiger partial charge in [-0.05, 0) is 41.3 Å². The Labute approximate surface area is 178 Å². The van der Waals surface area contributed by atoms with Crippen LogP contribution in [-0.4, -0.2) is 28.0 Å². The normalized spacial score (nSPS) is 11.1. The van der Waals surface area contributed by atoms with Crippen molar-refractivity contribution in [3.05, 3.63) is 76.6 Å². The number of carbonyl (C=O) groups is 1. The minimum Gasteiger partial charge on any atom is -0.495 e. The van der Waals surface area contributed by atoms with Crippen LogP contribution in [-0.2, 0) is 21.4 Å². The third-order valence-corrected chi connectivity index (χ3v) is 7.43. The first-order valence-electron chi connectivity index (χ1n) is 8.62. The SMILES string of the molecule is COc1ccccc1N(CC(=O)NCc1cccc(Cl)c1)S(=O)(=O)c1cccs1. The van der Waals surface area contributed by atoms with Crippen molar-refractivity contribution in [2.75, 3.05) is 18.0 Å². The predicted molar refractivity (Wildman–Crippen MR) is 115 cm³/mol. The number of amides is 1. The molecule has 3 aromatic rings. The lowest BCUT2D eigenvalue weighted by molar-refractivity contribution is -0.119. The molecule has 0 bridgehead atoms. The molecule has 1 amide bonds. The van der Waals surface area contributed by atoms with Gasteiger partial charge in [-0.2, -0.15) is 0 Å². The fraction of sp³-hybridized carbons (Fsp3) is 0.150. The summed E-state index contributed by atoms with van der Waals surface area (Å²) in [7, 11) is -2.49. The second kappa shape index (κ2) is 9.30. The van der Waals surface area contributed by atoms with E-state index in [1.807, 2.05) is 6.07 Å². The average Bonchev–Trinajstić information content (AvgIpc) is 3.26.